The summed E-state index contributed by atoms with van der Waals surface area (Å²) >= 11 is 0. The first kappa shape index (κ1) is 18.5. The number of aromatic nitrogens is 1. The Hall–Kier alpha value is -2.30. The zero-order valence-corrected chi connectivity index (χ0v) is 16.2. The van der Waals surface area contributed by atoms with E-state index in [4.69, 9.17) is 4.52 Å². The summed E-state index contributed by atoms with van der Waals surface area (Å²) < 4.78 is 5.75. The van der Waals surface area contributed by atoms with Crippen molar-refractivity contribution in [2.24, 2.45) is 5.92 Å². The van der Waals surface area contributed by atoms with Crippen molar-refractivity contribution < 1.29 is 9.32 Å². The summed E-state index contributed by atoms with van der Waals surface area (Å²) in [5, 5.41) is 4.37. The molecule has 0 spiro atoms. The highest BCUT2D eigenvalue weighted by Crippen LogP contribution is 2.35. The van der Waals surface area contributed by atoms with E-state index in [1.807, 2.05) is 42.3 Å². The quantitative estimate of drug-likeness (QED) is 0.707. The third-order valence-corrected chi connectivity index (χ3v) is 4.99. The molecule has 0 unspecified atom stereocenters. The van der Waals surface area contributed by atoms with Crippen molar-refractivity contribution in [3.8, 4) is 11.3 Å². The largest absolute Gasteiger partial charge is 0.341 e. The Labute approximate surface area is 156 Å². The Bertz CT molecular complexity index is 735. The molecule has 3 rings (SSSR count). The summed E-state index contributed by atoms with van der Waals surface area (Å²) in [7, 11) is 2.01. The maximum atomic E-state index is 12.7. The summed E-state index contributed by atoms with van der Waals surface area (Å²) in [6, 6.07) is 10.3. The molecule has 0 N–H and O–H groups in total. The molecule has 0 aliphatic heterocycles. The molecule has 1 fully saturated rings. The SMILES string of the molecule is CCCN(Cc1c(-c2ccccc2)noc1N(C)C(C)C)C(=O)C1CC1. The van der Waals surface area contributed by atoms with Crippen LogP contribution >= 0.6 is 0 Å². The van der Waals surface area contributed by atoms with Crippen LogP contribution in [-0.2, 0) is 11.3 Å². The van der Waals surface area contributed by atoms with Gasteiger partial charge in [0.15, 0.2) is 0 Å². The van der Waals surface area contributed by atoms with Gasteiger partial charge in [0.05, 0.1) is 12.1 Å². The van der Waals surface area contributed by atoms with E-state index in [0.29, 0.717) is 6.54 Å². The van der Waals surface area contributed by atoms with E-state index in [1.54, 1.807) is 0 Å². The summed E-state index contributed by atoms with van der Waals surface area (Å²) in [4.78, 5) is 16.8. The van der Waals surface area contributed by atoms with Gasteiger partial charge >= 0.3 is 0 Å². The Kier molecular flexibility index (Phi) is 5.64. The molecule has 0 atom stereocenters. The van der Waals surface area contributed by atoms with Gasteiger partial charge < -0.3 is 14.3 Å². The topological polar surface area (TPSA) is 49.6 Å². The van der Waals surface area contributed by atoms with Crippen molar-refractivity contribution in [1.29, 1.82) is 0 Å². The minimum atomic E-state index is 0.216. The van der Waals surface area contributed by atoms with Gasteiger partial charge in [-0.2, -0.15) is 0 Å². The highest BCUT2D eigenvalue weighted by atomic mass is 16.5. The van der Waals surface area contributed by atoms with Gasteiger partial charge in [-0.15, -0.1) is 0 Å². The first-order valence-corrected chi connectivity index (χ1v) is 9.58. The lowest BCUT2D eigenvalue weighted by Gasteiger charge is -2.25. The van der Waals surface area contributed by atoms with E-state index in [2.05, 4.69) is 30.8 Å². The number of amides is 1. The summed E-state index contributed by atoms with van der Waals surface area (Å²) in [5.74, 6) is 1.24. The molecule has 1 amide bonds. The normalized spacial score (nSPS) is 13.9. The van der Waals surface area contributed by atoms with Gasteiger partial charge in [-0.1, -0.05) is 42.4 Å². The van der Waals surface area contributed by atoms with Crippen molar-refractivity contribution in [2.45, 2.75) is 52.6 Å². The number of benzene rings is 1. The molecule has 0 saturated heterocycles. The second-order valence-electron chi connectivity index (χ2n) is 7.42. The van der Waals surface area contributed by atoms with Crippen LogP contribution in [-0.4, -0.2) is 35.6 Å². The molecule has 1 saturated carbocycles. The van der Waals surface area contributed by atoms with Crippen molar-refractivity contribution in [3.05, 3.63) is 35.9 Å². The number of hydrogen-bond donors (Lipinski definition) is 0. The van der Waals surface area contributed by atoms with Gasteiger partial charge in [-0.3, -0.25) is 4.79 Å². The Balaban J connectivity index is 1.98. The molecule has 0 radical (unpaired) electrons. The number of rotatable bonds is 8. The average molecular weight is 355 g/mol. The fourth-order valence-corrected chi connectivity index (χ4v) is 3.09. The fourth-order valence-electron chi connectivity index (χ4n) is 3.09. The van der Waals surface area contributed by atoms with Gasteiger partial charge in [0, 0.05) is 31.1 Å². The number of carbonyl (C=O) groups is 1. The van der Waals surface area contributed by atoms with Crippen LogP contribution in [0.5, 0.6) is 0 Å². The molecule has 1 aliphatic carbocycles. The van der Waals surface area contributed by atoms with Gasteiger partial charge in [-0.05, 0) is 33.1 Å². The molecular formula is C21H29N3O2. The number of hydrogen-bond acceptors (Lipinski definition) is 4. The predicted molar refractivity (Wildman–Crippen MR) is 104 cm³/mol. The summed E-state index contributed by atoms with van der Waals surface area (Å²) in [6.07, 6.45) is 2.99. The Morgan fingerprint density at radius 1 is 1.27 bits per heavy atom. The molecule has 5 nitrogen and oxygen atoms in total. The van der Waals surface area contributed by atoms with Crippen LogP contribution in [0, 0.1) is 5.92 Å². The molecule has 1 aromatic carbocycles. The fraction of sp³-hybridized carbons (Fsp3) is 0.524. The first-order valence-electron chi connectivity index (χ1n) is 9.58. The molecule has 26 heavy (non-hydrogen) atoms. The van der Waals surface area contributed by atoms with E-state index >= 15 is 0 Å². The predicted octanol–water partition coefficient (Wildman–Crippen LogP) is 4.33. The number of carbonyl (C=O) groups excluding carboxylic acids is 1. The smallest absolute Gasteiger partial charge is 0.232 e. The van der Waals surface area contributed by atoms with Crippen LogP contribution in [0.2, 0.25) is 0 Å². The van der Waals surface area contributed by atoms with Crippen LogP contribution in [0.4, 0.5) is 5.88 Å². The first-order chi connectivity index (χ1) is 12.5. The molecule has 0 bridgehead atoms. The molecule has 5 heteroatoms. The minimum Gasteiger partial charge on any atom is -0.341 e. The van der Waals surface area contributed by atoms with E-state index in [1.165, 1.54) is 0 Å². The molecule has 2 aromatic rings. The van der Waals surface area contributed by atoms with Crippen molar-refractivity contribution in [2.75, 3.05) is 18.5 Å². The molecular weight excluding hydrogens is 326 g/mol. The van der Waals surface area contributed by atoms with E-state index in [9.17, 15) is 4.79 Å². The number of anilines is 1. The zero-order valence-electron chi connectivity index (χ0n) is 16.2. The highest BCUT2D eigenvalue weighted by Gasteiger charge is 2.34. The lowest BCUT2D eigenvalue weighted by atomic mass is 10.1. The zero-order chi connectivity index (χ0) is 18.7. The van der Waals surface area contributed by atoms with E-state index in [-0.39, 0.29) is 17.9 Å². The second-order valence-corrected chi connectivity index (χ2v) is 7.42. The molecule has 1 heterocycles. The van der Waals surface area contributed by atoms with Crippen molar-refractivity contribution in [3.63, 3.8) is 0 Å². The van der Waals surface area contributed by atoms with Crippen LogP contribution in [0.15, 0.2) is 34.9 Å². The van der Waals surface area contributed by atoms with Gasteiger partial charge in [0.25, 0.3) is 0 Å². The molecule has 140 valence electrons. The maximum absolute atomic E-state index is 12.7. The highest BCUT2D eigenvalue weighted by molar-refractivity contribution is 5.81. The number of nitrogens with zero attached hydrogens (tertiary/aromatic N) is 3. The van der Waals surface area contributed by atoms with Crippen LogP contribution < -0.4 is 4.90 Å². The third kappa shape index (κ3) is 3.92. The van der Waals surface area contributed by atoms with Crippen molar-refractivity contribution >= 4 is 11.8 Å². The summed E-state index contributed by atoms with van der Waals surface area (Å²) in [5.41, 5.74) is 2.85. The van der Waals surface area contributed by atoms with Gasteiger partial charge in [-0.25, -0.2) is 0 Å². The second kappa shape index (κ2) is 7.94. The monoisotopic (exact) mass is 355 g/mol. The third-order valence-electron chi connectivity index (χ3n) is 4.99. The lowest BCUT2D eigenvalue weighted by Crippen LogP contribution is -2.33. The lowest BCUT2D eigenvalue weighted by molar-refractivity contribution is -0.133. The molecule has 1 aromatic heterocycles. The van der Waals surface area contributed by atoms with Crippen LogP contribution in [0.3, 0.4) is 0 Å². The van der Waals surface area contributed by atoms with Crippen molar-refractivity contribution in [1.82, 2.24) is 10.1 Å². The van der Waals surface area contributed by atoms with Gasteiger partial charge in [0.1, 0.15) is 5.69 Å². The van der Waals surface area contributed by atoms with Crippen LogP contribution in [0.25, 0.3) is 11.3 Å². The minimum absolute atomic E-state index is 0.216. The standard InChI is InChI=1S/C21H29N3O2/c1-5-13-24(20(25)17-11-12-17)14-18-19(16-9-7-6-8-10-16)22-26-21(18)23(4)15(2)3/h6-10,15,17H,5,11-14H2,1-4H3. The molecule has 1 aliphatic rings. The summed E-state index contributed by atoms with van der Waals surface area (Å²) in [6.45, 7) is 7.66. The van der Waals surface area contributed by atoms with Crippen LogP contribution in [0.1, 0.15) is 45.6 Å². The maximum Gasteiger partial charge on any atom is 0.232 e. The van der Waals surface area contributed by atoms with E-state index < -0.39 is 0 Å². The Morgan fingerprint density at radius 2 is 1.96 bits per heavy atom. The average Bonchev–Trinajstić information content (AvgIpc) is 3.41. The Morgan fingerprint density at radius 3 is 2.54 bits per heavy atom. The van der Waals surface area contributed by atoms with Gasteiger partial charge in [0.2, 0.25) is 11.8 Å². The van der Waals surface area contributed by atoms with E-state index in [0.717, 1.165) is 48.5 Å².